The molecule has 1 aromatic rings. The Morgan fingerprint density at radius 1 is 1.42 bits per heavy atom. The second-order valence-corrected chi connectivity index (χ2v) is 2.45. The largest absolute Gasteiger partial charge is 0.237 e. The number of rotatable bonds is 0. The lowest BCUT2D eigenvalue weighted by Crippen LogP contribution is -2.20. The van der Waals surface area contributed by atoms with Gasteiger partial charge in [-0.05, 0) is 24.3 Å². The molecule has 0 aliphatic carbocycles. The number of allylic oxidation sites excluding steroid dienone is 1. The summed E-state index contributed by atoms with van der Waals surface area (Å²) < 4.78 is 12.6. The predicted molar refractivity (Wildman–Crippen MR) is 40.9 cm³/mol. The number of hydrogen-bond acceptors (Lipinski definition) is 2. The van der Waals surface area contributed by atoms with E-state index in [-0.39, 0.29) is 11.5 Å². The first-order valence-corrected chi connectivity index (χ1v) is 3.41. The van der Waals surface area contributed by atoms with Gasteiger partial charge in [-0.25, -0.2) is 14.2 Å². The van der Waals surface area contributed by atoms with E-state index in [1.165, 1.54) is 24.3 Å². The standard InChI is InChI=1S/C9H4FNO/c10-7-1-2-9-6(3-7)4-8(5-12)11-9/h1-4H. The molecule has 0 spiro atoms. The van der Waals surface area contributed by atoms with Gasteiger partial charge in [0.25, 0.3) is 0 Å². The Morgan fingerprint density at radius 2 is 2.25 bits per heavy atom. The Kier molecular flexibility index (Phi) is 1.39. The van der Waals surface area contributed by atoms with Crippen LogP contribution in [0.3, 0.4) is 0 Å². The molecule has 1 aromatic carbocycles. The molecule has 0 saturated heterocycles. The van der Waals surface area contributed by atoms with Crippen LogP contribution < -0.4 is 10.6 Å². The lowest BCUT2D eigenvalue weighted by atomic mass is 10.3. The van der Waals surface area contributed by atoms with Gasteiger partial charge in [-0.3, -0.25) is 0 Å². The van der Waals surface area contributed by atoms with Crippen molar-refractivity contribution in [3.63, 3.8) is 0 Å². The van der Waals surface area contributed by atoms with Crippen molar-refractivity contribution in [3.8, 4) is 0 Å². The van der Waals surface area contributed by atoms with E-state index >= 15 is 0 Å². The third-order valence-electron chi connectivity index (χ3n) is 1.63. The first kappa shape index (κ1) is 6.95. The molecule has 0 saturated carbocycles. The summed E-state index contributed by atoms with van der Waals surface area (Å²) in [5, 5.41) is 1.25. The summed E-state index contributed by atoms with van der Waals surface area (Å²) in [7, 11) is 0. The van der Waals surface area contributed by atoms with Crippen LogP contribution in [0.25, 0.3) is 6.08 Å². The molecule has 1 aliphatic heterocycles. The third-order valence-corrected chi connectivity index (χ3v) is 1.63. The smallest absolute Gasteiger partial charge is 0.152 e. The molecular weight excluding hydrogens is 157 g/mol. The second-order valence-electron chi connectivity index (χ2n) is 2.45. The average Bonchev–Trinajstić information content (AvgIpc) is 2.46. The highest BCUT2D eigenvalue weighted by atomic mass is 19.1. The molecule has 1 aliphatic rings. The van der Waals surface area contributed by atoms with E-state index in [9.17, 15) is 9.18 Å². The molecule has 3 heteroatoms. The first-order valence-electron chi connectivity index (χ1n) is 3.41. The molecule has 0 unspecified atom stereocenters. The van der Waals surface area contributed by atoms with Crippen LogP contribution in [0.15, 0.2) is 28.9 Å². The van der Waals surface area contributed by atoms with Gasteiger partial charge in [0.2, 0.25) is 0 Å². The fraction of sp³-hybridized carbons (Fsp3) is 0. The summed E-state index contributed by atoms with van der Waals surface area (Å²) in [6.07, 6.45) is 1.51. The quantitative estimate of drug-likeness (QED) is 0.491. The van der Waals surface area contributed by atoms with E-state index < -0.39 is 0 Å². The van der Waals surface area contributed by atoms with Gasteiger partial charge < -0.3 is 0 Å². The van der Waals surface area contributed by atoms with Crippen molar-refractivity contribution in [2.45, 2.75) is 0 Å². The number of benzene rings is 1. The summed E-state index contributed by atoms with van der Waals surface area (Å²) in [6.45, 7) is 0. The third kappa shape index (κ3) is 0.966. The highest BCUT2D eigenvalue weighted by Crippen LogP contribution is 1.96. The van der Waals surface area contributed by atoms with E-state index in [0.29, 0.717) is 10.6 Å². The van der Waals surface area contributed by atoms with E-state index in [1.54, 1.807) is 5.94 Å². The minimum Gasteiger partial charge on any atom is -0.237 e. The van der Waals surface area contributed by atoms with E-state index in [1.807, 2.05) is 0 Å². The molecule has 2 nitrogen and oxygen atoms in total. The number of carbonyl (C=O) groups excluding carboxylic acids is 1. The molecule has 0 amide bonds. The Balaban J connectivity index is 2.86. The van der Waals surface area contributed by atoms with Crippen LogP contribution in [0, 0.1) is 5.82 Å². The maximum absolute atomic E-state index is 12.6. The van der Waals surface area contributed by atoms with Crippen LogP contribution in [-0.2, 0) is 4.79 Å². The minimum absolute atomic E-state index is 0.218. The van der Waals surface area contributed by atoms with Crippen LogP contribution >= 0.6 is 0 Å². The molecule has 2 rings (SSSR count). The highest BCUT2D eigenvalue weighted by molar-refractivity contribution is 5.68. The van der Waals surface area contributed by atoms with Crippen LogP contribution in [0.1, 0.15) is 0 Å². The van der Waals surface area contributed by atoms with Gasteiger partial charge >= 0.3 is 0 Å². The number of hydrogen-bond donors (Lipinski definition) is 0. The monoisotopic (exact) mass is 161 g/mol. The van der Waals surface area contributed by atoms with Crippen molar-refractivity contribution in [2.24, 2.45) is 4.99 Å². The van der Waals surface area contributed by atoms with Gasteiger partial charge in [0.05, 0.1) is 5.36 Å². The summed E-state index contributed by atoms with van der Waals surface area (Å²) in [4.78, 5) is 14.1. The van der Waals surface area contributed by atoms with Crippen LogP contribution in [0.5, 0.6) is 0 Å². The average molecular weight is 161 g/mol. The summed E-state index contributed by atoms with van der Waals surface area (Å²) >= 11 is 0. The highest BCUT2D eigenvalue weighted by Gasteiger charge is 2.00. The van der Waals surface area contributed by atoms with Gasteiger partial charge in [-0.1, -0.05) is 0 Å². The number of halogens is 1. The molecule has 12 heavy (non-hydrogen) atoms. The molecule has 0 aromatic heterocycles. The van der Waals surface area contributed by atoms with Gasteiger partial charge in [0.1, 0.15) is 11.5 Å². The summed E-state index contributed by atoms with van der Waals surface area (Å²) in [5.74, 6) is 1.33. The minimum atomic E-state index is -0.327. The topological polar surface area (TPSA) is 29.4 Å². The molecular formula is C9H4FNO. The van der Waals surface area contributed by atoms with E-state index in [2.05, 4.69) is 4.99 Å². The van der Waals surface area contributed by atoms with Gasteiger partial charge in [-0.15, -0.1) is 0 Å². The zero-order valence-corrected chi connectivity index (χ0v) is 6.04. The van der Waals surface area contributed by atoms with Gasteiger partial charge in [0, 0.05) is 5.22 Å². The van der Waals surface area contributed by atoms with Crippen LogP contribution in [0.4, 0.5) is 4.39 Å². The second kappa shape index (κ2) is 2.40. The Labute approximate surface area is 67.4 Å². The molecule has 1 heterocycles. The van der Waals surface area contributed by atoms with Crippen LogP contribution in [0.2, 0.25) is 0 Å². The molecule has 58 valence electrons. The Morgan fingerprint density at radius 3 is 3.00 bits per heavy atom. The van der Waals surface area contributed by atoms with Crippen molar-refractivity contribution in [3.05, 3.63) is 40.3 Å². The maximum Gasteiger partial charge on any atom is 0.152 e. The lowest BCUT2D eigenvalue weighted by Gasteiger charge is -1.83. The molecule has 0 radical (unpaired) electrons. The SMILES string of the molecule is O=C=C1C=c2cc(F)ccc2=N1. The van der Waals surface area contributed by atoms with E-state index in [0.717, 1.165) is 0 Å². The summed E-state index contributed by atoms with van der Waals surface area (Å²) in [5.41, 5.74) is 0.218. The van der Waals surface area contributed by atoms with Crippen molar-refractivity contribution < 1.29 is 9.18 Å². The molecule has 0 N–H and O–H groups in total. The van der Waals surface area contributed by atoms with Crippen LogP contribution in [-0.4, -0.2) is 5.94 Å². The van der Waals surface area contributed by atoms with Crippen molar-refractivity contribution in [1.82, 2.24) is 0 Å². The Bertz CT molecular complexity index is 498. The van der Waals surface area contributed by atoms with E-state index in [4.69, 9.17) is 0 Å². The fourth-order valence-corrected chi connectivity index (χ4v) is 1.10. The van der Waals surface area contributed by atoms with Crippen molar-refractivity contribution in [2.75, 3.05) is 0 Å². The Hall–Kier alpha value is -1.73. The molecule has 0 fully saturated rings. The zero-order valence-electron chi connectivity index (χ0n) is 6.04. The normalized spacial score (nSPS) is 12.9. The van der Waals surface area contributed by atoms with Crippen molar-refractivity contribution in [1.29, 1.82) is 0 Å². The molecule has 0 atom stereocenters. The fourth-order valence-electron chi connectivity index (χ4n) is 1.10. The summed E-state index contributed by atoms with van der Waals surface area (Å²) in [6, 6.07) is 4.18. The van der Waals surface area contributed by atoms with Crippen molar-refractivity contribution >= 4 is 12.0 Å². The lowest BCUT2D eigenvalue weighted by molar-refractivity contribution is 0.567. The zero-order chi connectivity index (χ0) is 8.55. The predicted octanol–water partition coefficient (Wildman–Crippen LogP) is -0.0451. The number of nitrogens with zero attached hydrogens (tertiary/aromatic N) is 1. The first-order chi connectivity index (χ1) is 5.79. The maximum atomic E-state index is 12.6. The molecule has 0 bridgehead atoms. The number of fused-ring (bicyclic) bond motifs is 1. The van der Waals surface area contributed by atoms with Gasteiger partial charge in [-0.2, -0.15) is 0 Å². The van der Waals surface area contributed by atoms with Gasteiger partial charge in [0.15, 0.2) is 5.94 Å².